The number of ether oxygens (including phenoxy) is 1. The first-order valence-electron chi connectivity index (χ1n) is 12.9. The SMILES string of the molecule is CC.CCC.CCCCNC.COc1ccc2c(C(=O)C3=CC=C(CCO)NC3)nn(CC=O)c2c1. The van der Waals surface area contributed by atoms with Gasteiger partial charge in [0.25, 0.3) is 0 Å². The van der Waals surface area contributed by atoms with Crippen LogP contribution in [-0.4, -0.2) is 60.8 Å². The van der Waals surface area contributed by atoms with Gasteiger partial charge in [-0.15, -0.1) is 0 Å². The molecule has 1 aromatic heterocycles. The molecule has 1 aliphatic heterocycles. The van der Waals surface area contributed by atoms with Crippen LogP contribution in [0, 0.1) is 0 Å². The molecule has 8 nitrogen and oxygen atoms in total. The molecule has 0 amide bonds. The van der Waals surface area contributed by atoms with Crippen LogP contribution in [0.25, 0.3) is 10.9 Å². The van der Waals surface area contributed by atoms with Crippen LogP contribution in [0.4, 0.5) is 0 Å². The van der Waals surface area contributed by atoms with Gasteiger partial charge in [-0.2, -0.15) is 5.10 Å². The van der Waals surface area contributed by atoms with Crippen LogP contribution >= 0.6 is 0 Å². The Morgan fingerprint density at radius 3 is 2.42 bits per heavy atom. The highest BCUT2D eigenvalue weighted by Crippen LogP contribution is 2.26. The molecule has 0 unspecified atom stereocenters. The number of benzene rings is 1. The van der Waals surface area contributed by atoms with Gasteiger partial charge in [0.15, 0.2) is 0 Å². The molecule has 36 heavy (non-hydrogen) atoms. The maximum absolute atomic E-state index is 12.9. The number of unbranched alkanes of at least 4 members (excludes halogenated alkanes) is 1. The van der Waals surface area contributed by atoms with Crippen LogP contribution in [0.2, 0.25) is 0 Å². The molecule has 0 atom stereocenters. The van der Waals surface area contributed by atoms with Crippen molar-refractivity contribution in [3.63, 3.8) is 0 Å². The van der Waals surface area contributed by atoms with Crippen LogP contribution < -0.4 is 15.4 Å². The van der Waals surface area contributed by atoms with E-state index in [2.05, 4.69) is 36.5 Å². The van der Waals surface area contributed by atoms with Crippen molar-refractivity contribution in [1.29, 1.82) is 0 Å². The van der Waals surface area contributed by atoms with E-state index < -0.39 is 0 Å². The van der Waals surface area contributed by atoms with Crippen molar-refractivity contribution in [2.24, 2.45) is 0 Å². The van der Waals surface area contributed by atoms with Crippen molar-refractivity contribution in [3.8, 4) is 5.75 Å². The van der Waals surface area contributed by atoms with Crippen molar-refractivity contribution in [2.75, 3.05) is 33.9 Å². The monoisotopic (exact) mass is 502 g/mol. The number of aldehydes is 1. The molecule has 8 heteroatoms. The lowest BCUT2D eigenvalue weighted by Crippen LogP contribution is -2.24. The van der Waals surface area contributed by atoms with Crippen LogP contribution in [0.3, 0.4) is 0 Å². The van der Waals surface area contributed by atoms with E-state index in [1.165, 1.54) is 23.9 Å². The summed E-state index contributed by atoms with van der Waals surface area (Å²) in [6, 6.07) is 5.30. The quantitative estimate of drug-likeness (QED) is 0.246. The number of methoxy groups -OCH3 is 1. The first-order chi connectivity index (χ1) is 17.5. The normalized spacial score (nSPS) is 11.8. The number of allylic oxidation sites excluding steroid dienone is 2. The number of aromatic nitrogens is 2. The molecule has 0 bridgehead atoms. The Morgan fingerprint density at radius 2 is 1.94 bits per heavy atom. The lowest BCUT2D eigenvalue weighted by Gasteiger charge is -2.15. The third-order valence-corrected chi connectivity index (χ3v) is 4.87. The van der Waals surface area contributed by atoms with Crippen molar-refractivity contribution in [3.05, 3.63) is 47.3 Å². The van der Waals surface area contributed by atoms with Gasteiger partial charge >= 0.3 is 0 Å². The number of dihydropyridines is 1. The van der Waals surface area contributed by atoms with E-state index in [1.54, 1.807) is 37.5 Å². The number of carbonyl (C=O) groups is 2. The number of aliphatic hydroxyl groups excluding tert-OH is 1. The molecule has 2 heterocycles. The summed E-state index contributed by atoms with van der Waals surface area (Å²) in [7, 11) is 3.54. The molecular weight excluding hydrogens is 456 g/mol. The van der Waals surface area contributed by atoms with Crippen LogP contribution in [-0.2, 0) is 11.3 Å². The third-order valence-electron chi connectivity index (χ3n) is 4.87. The lowest BCUT2D eigenvalue weighted by molar-refractivity contribution is -0.108. The van der Waals surface area contributed by atoms with Crippen molar-refractivity contribution >= 4 is 23.0 Å². The van der Waals surface area contributed by atoms with Crippen molar-refractivity contribution < 1.29 is 19.4 Å². The van der Waals surface area contributed by atoms with Crippen LogP contribution in [0.5, 0.6) is 5.75 Å². The Labute approximate surface area is 216 Å². The Kier molecular flexibility index (Phi) is 18.6. The zero-order chi connectivity index (χ0) is 27.3. The average molecular weight is 503 g/mol. The smallest absolute Gasteiger partial charge is 0.211 e. The number of rotatable bonds is 10. The van der Waals surface area contributed by atoms with E-state index in [9.17, 15) is 9.59 Å². The van der Waals surface area contributed by atoms with Gasteiger partial charge in [0.2, 0.25) is 5.78 Å². The minimum absolute atomic E-state index is 0.0541. The van der Waals surface area contributed by atoms with Gasteiger partial charge in [0.1, 0.15) is 17.7 Å². The van der Waals surface area contributed by atoms with Gasteiger partial charge in [-0.1, -0.05) is 53.5 Å². The molecule has 1 aromatic carbocycles. The largest absolute Gasteiger partial charge is 0.497 e. The molecule has 0 fully saturated rings. The highest BCUT2D eigenvalue weighted by atomic mass is 16.5. The van der Waals surface area contributed by atoms with Gasteiger partial charge in [-0.25, -0.2) is 0 Å². The number of Topliss-reactive ketones (excluding diaryl/α,β-unsaturated/α-hetero) is 1. The Balaban J connectivity index is 0.000000949. The zero-order valence-electron chi connectivity index (χ0n) is 23.2. The maximum atomic E-state index is 12.9. The second kappa shape index (κ2) is 20.2. The fourth-order valence-electron chi connectivity index (χ4n) is 3.14. The molecule has 202 valence electrons. The summed E-state index contributed by atoms with van der Waals surface area (Å²) < 4.78 is 6.71. The summed E-state index contributed by atoms with van der Waals surface area (Å²) in [5.41, 5.74) is 2.46. The number of ketones is 1. The summed E-state index contributed by atoms with van der Waals surface area (Å²) in [6.07, 6.45) is 8.65. The van der Waals surface area contributed by atoms with E-state index in [1.807, 2.05) is 20.9 Å². The van der Waals surface area contributed by atoms with E-state index in [0.717, 1.165) is 18.5 Å². The predicted molar refractivity (Wildman–Crippen MR) is 149 cm³/mol. The van der Waals surface area contributed by atoms with Crippen LogP contribution in [0.15, 0.2) is 41.6 Å². The number of aliphatic hydroxyl groups is 1. The minimum atomic E-state index is -0.188. The summed E-state index contributed by atoms with van der Waals surface area (Å²) in [4.78, 5) is 23.8. The summed E-state index contributed by atoms with van der Waals surface area (Å²) >= 11 is 0. The van der Waals surface area contributed by atoms with Crippen LogP contribution in [0.1, 0.15) is 70.8 Å². The highest BCUT2D eigenvalue weighted by Gasteiger charge is 2.22. The average Bonchev–Trinajstić information content (AvgIpc) is 3.27. The highest BCUT2D eigenvalue weighted by molar-refractivity contribution is 6.15. The van der Waals surface area contributed by atoms with Gasteiger partial charge in [-0.05, 0) is 38.2 Å². The minimum Gasteiger partial charge on any atom is -0.497 e. The van der Waals surface area contributed by atoms with Gasteiger partial charge in [0.05, 0.1) is 19.2 Å². The van der Waals surface area contributed by atoms with Gasteiger partial charge < -0.3 is 25.3 Å². The summed E-state index contributed by atoms with van der Waals surface area (Å²) in [5, 5.41) is 20.2. The number of nitrogens with zero attached hydrogens (tertiary/aromatic N) is 2. The maximum Gasteiger partial charge on any atom is 0.211 e. The van der Waals surface area contributed by atoms with Crippen molar-refractivity contribution in [1.82, 2.24) is 20.4 Å². The number of hydrogen-bond acceptors (Lipinski definition) is 7. The summed E-state index contributed by atoms with van der Waals surface area (Å²) in [5.74, 6) is 0.445. The first kappa shape index (κ1) is 33.0. The van der Waals surface area contributed by atoms with E-state index in [0.29, 0.717) is 40.9 Å². The van der Waals surface area contributed by atoms with E-state index in [-0.39, 0.29) is 18.9 Å². The number of fused-ring (bicyclic) bond motifs is 1. The third kappa shape index (κ3) is 10.7. The molecule has 2 aromatic rings. The predicted octanol–water partition coefficient (Wildman–Crippen LogP) is 4.67. The molecule has 0 aliphatic carbocycles. The zero-order valence-corrected chi connectivity index (χ0v) is 23.2. The van der Waals surface area contributed by atoms with Gasteiger partial charge in [-0.3, -0.25) is 9.48 Å². The van der Waals surface area contributed by atoms with Gasteiger partial charge in [0, 0.05) is 42.3 Å². The fraction of sp³-hybridized carbons (Fsp3) is 0.536. The Morgan fingerprint density at radius 1 is 1.25 bits per heavy atom. The van der Waals surface area contributed by atoms with E-state index in [4.69, 9.17) is 9.84 Å². The molecular formula is C28H46N4O4. The number of carbonyl (C=O) groups excluding carboxylic acids is 2. The molecule has 0 spiro atoms. The second-order valence-electron chi connectivity index (χ2n) is 7.78. The topological polar surface area (TPSA) is 105 Å². The Hall–Kier alpha value is -2.97. The fourth-order valence-corrected chi connectivity index (χ4v) is 3.14. The molecule has 0 saturated heterocycles. The number of nitrogens with one attached hydrogen (secondary N) is 2. The number of hydrogen-bond donors (Lipinski definition) is 3. The molecule has 0 radical (unpaired) electrons. The standard InChI is InChI=1S/C18H19N3O4.C5H13N.C3H8.C2H6/c1-25-14-4-5-15-16(10-14)21(7-9-23)20-17(15)18(24)12-2-3-13(6-8-22)19-11-12;1-3-4-5-6-2;1-3-2;1-2/h2-5,9-10,19,22H,6-8,11H2,1H3;6H,3-5H2,1-2H3;3H2,1-2H3;1-2H3. The molecule has 0 saturated carbocycles. The second-order valence-corrected chi connectivity index (χ2v) is 7.78. The summed E-state index contributed by atoms with van der Waals surface area (Å²) in [6.45, 7) is 12.1. The van der Waals surface area contributed by atoms with Crippen molar-refractivity contribution in [2.45, 2.75) is 66.8 Å². The van der Waals surface area contributed by atoms with E-state index >= 15 is 0 Å². The Bertz CT molecular complexity index is 960. The molecule has 1 aliphatic rings. The lowest BCUT2D eigenvalue weighted by atomic mass is 10.0. The first-order valence-corrected chi connectivity index (χ1v) is 12.9. The molecule has 3 N–H and O–H groups in total. The molecule has 3 rings (SSSR count).